The van der Waals surface area contributed by atoms with Crippen LogP contribution in [0.1, 0.15) is 187 Å². The first-order valence-electron chi connectivity index (χ1n) is 21.9. The Labute approximate surface area is 325 Å². The third kappa shape index (κ3) is 31.6. The molecule has 0 saturated heterocycles. The van der Waals surface area contributed by atoms with Crippen molar-refractivity contribution >= 4 is 17.8 Å². The summed E-state index contributed by atoms with van der Waals surface area (Å²) in [5, 5.41) is 3.02. The lowest BCUT2D eigenvalue weighted by atomic mass is 10.1. The van der Waals surface area contributed by atoms with Gasteiger partial charge >= 0.3 is 11.9 Å². The average Bonchev–Trinajstić information content (AvgIpc) is 3.16. The molecule has 0 fully saturated rings. The second-order valence-corrected chi connectivity index (χ2v) is 14.9. The van der Waals surface area contributed by atoms with Crippen molar-refractivity contribution in [2.75, 3.05) is 39.4 Å². The molecule has 0 aromatic heterocycles. The van der Waals surface area contributed by atoms with Crippen LogP contribution in [0.15, 0.2) is 30.3 Å². The highest BCUT2D eigenvalue weighted by molar-refractivity contribution is 5.77. The van der Waals surface area contributed by atoms with E-state index in [1.165, 1.54) is 32.1 Å². The van der Waals surface area contributed by atoms with Gasteiger partial charge in [-0.2, -0.15) is 0 Å². The van der Waals surface area contributed by atoms with Gasteiger partial charge in [-0.1, -0.05) is 141 Å². The van der Waals surface area contributed by atoms with E-state index < -0.39 is 0 Å². The summed E-state index contributed by atoms with van der Waals surface area (Å²) >= 11 is 0. The first-order chi connectivity index (χ1) is 26.0. The minimum atomic E-state index is -0.0693. The molecular formula is C45H80N2O6. The van der Waals surface area contributed by atoms with E-state index >= 15 is 0 Å². The summed E-state index contributed by atoms with van der Waals surface area (Å²) in [7, 11) is 0. The third-order valence-corrected chi connectivity index (χ3v) is 9.85. The van der Waals surface area contributed by atoms with Gasteiger partial charge in [0, 0.05) is 19.4 Å². The zero-order valence-electron chi connectivity index (χ0n) is 34.5. The molecule has 1 unspecified atom stereocenters. The topological polar surface area (TPSA) is 94.2 Å². The van der Waals surface area contributed by atoms with E-state index in [-0.39, 0.29) is 30.6 Å². The first kappa shape index (κ1) is 48.6. The fourth-order valence-electron chi connectivity index (χ4n) is 6.55. The Morgan fingerprint density at radius 3 is 1.83 bits per heavy atom. The van der Waals surface area contributed by atoms with Gasteiger partial charge in [0.05, 0.1) is 13.2 Å². The highest BCUT2D eigenvalue weighted by Crippen LogP contribution is 2.16. The van der Waals surface area contributed by atoms with Crippen molar-refractivity contribution in [3.05, 3.63) is 35.9 Å². The molecule has 8 heteroatoms. The number of carbonyl (C=O) groups is 3. The maximum atomic E-state index is 12.5. The number of hydrogen-bond donors (Lipinski definition) is 1. The number of amides is 1. The summed E-state index contributed by atoms with van der Waals surface area (Å²) in [6, 6.07) is 9.91. The Kier molecular flexibility index (Phi) is 33.5. The molecule has 0 saturated carbocycles. The van der Waals surface area contributed by atoms with E-state index in [1.54, 1.807) is 0 Å². The molecule has 53 heavy (non-hydrogen) atoms. The fourth-order valence-corrected chi connectivity index (χ4v) is 6.55. The van der Waals surface area contributed by atoms with Crippen LogP contribution in [0.4, 0.5) is 0 Å². The van der Waals surface area contributed by atoms with Crippen LogP contribution in [0.25, 0.3) is 0 Å². The van der Waals surface area contributed by atoms with Crippen molar-refractivity contribution in [1.82, 2.24) is 10.2 Å². The fraction of sp³-hybridized carbons (Fsp3) is 0.800. The monoisotopic (exact) mass is 745 g/mol. The molecule has 1 aromatic rings. The smallest absolute Gasteiger partial charge is 0.306 e. The van der Waals surface area contributed by atoms with Crippen LogP contribution in [0.2, 0.25) is 0 Å². The summed E-state index contributed by atoms with van der Waals surface area (Å²) in [6.45, 7) is 11.4. The van der Waals surface area contributed by atoms with Gasteiger partial charge in [-0.15, -0.1) is 0 Å². The van der Waals surface area contributed by atoms with Gasteiger partial charge in [0.15, 0.2) is 0 Å². The van der Waals surface area contributed by atoms with Gasteiger partial charge in [-0.3, -0.25) is 14.4 Å². The van der Waals surface area contributed by atoms with Crippen LogP contribution in [0, 0.1) is 0 Å². The average molecular weight is 745 g/mol. The van der Waals surface area contributed by atoms with E-state index in [9.17, 15) is 14.4 Å². The van der Waals surface area contributed by atoms with Crippen molar-refractivity contribution in [3.8, 4) is 0 Å². The van der Waals surface area contributed by atoms with Gasteiger partial charge in [0.1, 0.15) is 12.7 Å². The predicted molar refractivity (Wildman–Crippen MR) is 219 cm³/mol. The molecule has 0 bridgehead atoms. The summed E-state index contributed by atoms with van der Waals surface area (Å²) in [6.07, 6.45) is 26.5. The van der Waals surface area contributed by atoms with Crippen molar-refractivity contribution < 1.29 is 28.6 Å². The zero-order chi connectivity index (χ0) is 38.5. The molecule has 0 radical (unpaired) electrons. The molecule has 1 amide bonds. The second kappa shape index (κ2) is 36.5. The van der Waals surface area contributed by atoms with Gasteiger partial charge in [0.25, 0.3) is 0 Å². The Bertz CT molecular complexity index is 990. The number of nitrogens with zero attached hydrogens (tertiary/aromatic N) is 1. The highest BCUT2D eigenvalue weighted by atomic mass is 16.5. The van der Waals surface area contributed by atoms with E-state index in [2.05, 4.69) is 31.0 Å². The molecule has 0 spiro atoms. The molecule has 0 aliphatic carbocycles. The van der Waals surface area contributed by atoms with Crippen LogP contribution >= 0.6 is 0 Å². The lowest BCUT2D eigenvalue weighted by Crippen LogP contribution is -2.33. The van der Waals surface area contributed by atoms with Crippen molar-refractivity contribution in [3.63, 3.8) is 0 Å². The van der Waals surface area contributed by atoms with Gasteiger partial charge in [-0.05, 0) is 83.0 Å². The third-order valence-electron chi connectivity index (χ3n) is 9.85. The van der Waals surface area contributed by atoms with Gasteiger partial charge in [-0.25, -0.2) is 0 Å². The largest absolute Gasteiger partial charge is 0.466 e. The van der Waals surface area contributed by atoms with Crippen LogP contribution in [0.5, 0.6) is 0 Å². The number of ether oxygens (including phenoxy) is 3. The van der Waals surface area contributed by atoms with E-state index in [1.807, 2.05) is 30.3 Å². The minimum absolute atomic E-state index is 0.0169. The number of rotatable bonds is 38. The van der Waals surface area contributed by atoms with E-state index in [0.717, 1.165) is 141 Å². The molecule has 0 heterocycles. The SMILES string of the molecule is CCCCCCCOC(=O)CCCCCCCN(CCCCCCCC(=O)OC(CCCC)CCCCC)CCCNC(=O)COCc1ccccc1. The van der Waals surface area contributed by atoms with E-state index in [0.29, 0.717) is 32.6 Å². The number of hydrogen-bond acceptors (Lipinski definition) is 7. The van der Waals surface area contributed by atoms with Crippen LogP contribution in [-0.4, -0.2) is 68.2 Å². The standard InChI is InChI=1S/C45H80N2O6/c1-4-7-10-17-26-38-52-44(49)32-22-13-11-15-24-35-47(37-27-34-46-43(48)40-51-39-41-28-20-18-21-29-41)36-25-16-12-14-23-33-45(50)53-42(30-9-6-3)31-19-8-5-2/h18,20-21,28-29,42H,4-17,19,22-27,30-40H2,1-3H3,(H,46,48). The Morgan fingerprint density at radius 2 is 1.15 bits per heavy atom. The summed E-state index contributed by atoms with van der Waals surface area (Å²) in [5.74, 6) is -0.132. The quantitative estimate of drug-likeness (QED) is 0.0532. The highest BCUT2D eigenvalue weighted by Gasteiger charge is 2.14. The minimum Gasteiger partial charge on any atom is -0.466 e. The molecule has 1 N–H and O–H groups in total. The number of carbonyl (C=O) groups excluding carboxylic acids is 3. The maximum absolute atomic E-state index is 12.5. The Balaban J connectivity index is 2.31. The number of unbranched alkanes of at least 4 members (excludes halogenated alkanes) is 15. The second-order valence-electron chi connectivity index (χ2n) is 14.9. The van der Waals surface area contributed by atoms with E-state index in [4.69, 9.17) is 14.2 Å². The molecular weight excluding hydrogens is 665 g/mol. The van der Waals surface area contributed by atoms with Crippen molar-refractivity contribution in [2.24, 2.45) is 0 Å². The molecule has 0 aliphatic heterocycles. The zero-order valence-corrected chi connectivity index (χ0v) is 34.5. The van der Waals surface area contributed by atoms with Gasteiger partial charge < -0.3 is 24.4 Å². The summed E-state index contributed by atoms with van der Waals surface area (Å²) < 4.78 is 16.8. The molecule has 0 aliphatic rings. The molecule has 8 nitrogen and oxygen atoms in total. The molecule has 306 valence electrons. The molecule has 1 atom stereocenters. The first-order valence-corrected chi connectivity index (χ1v) is 21.9. The number of esters is 2. The lowest BCUT2D eigenvalue weighted by Gasteiger charge is -2.22. The van der Waals surface area contributed by atoms with Crippen LogP contribution in [0.3, 0.4) is 0 Å². The van der Waals surface area contributed by atoms with Gasteiger partial charge in [0.2, 0.25) is 5.91 Å². The Morgan fingerprint density at radius 1 is 0.604 bits per heavy atom. The predicted octanol–water partition coefficient (Wildman–Crippen LogP) is 10.9. The number of benzene rings is 1. The molecule has 1 aromatic carbocycles. The summed E-state index contributed by atoms with van der Waals surface area (Å²) in [5.41, 5.74) is 1.06. The normalized spacial score (nSPS) is 11.8. The van der Waals surface area contributed by atoms with Crippen LogP contribution < -0.4 is 5.32 Å². The Hall–Kier alpha value is -2.45. The summed E-state index contributed by atoms with van der Waals surface area (Å²) in [4.78, 5) is 39.4. The van der Waals surface area contributed by atoms with Crippen LogP contribution in [-0.2, 0) is 35.2 Å². The van der Waals surface area contributed by atoms with Crippen molar-refractivity contribution in [2.45, 2.75) is 194 Å². The maximum Gasteiger partial charge on any atom is 0.306 e. The lowest BCUT2D eigenvalue weighted by molar-refractivity contribution is -0.150. The molecule has 1 rings (SSSR count). The van der Waals surface area contributed by atoms with Crippen molar-refractivity contribution in [1.29, 1.82) is 0 Å². The number of nitrogens with one attached hydrogen (secondary N) is 1.